The maximum atomic E-state index is 12.7. The molecule has 0 aromatic heterocycles. The van der Waals surface area contributed by atoms with Crippen LogP contribution in [0.1, 0.15) is 23.2 Å². The lowest BCUT2D eigenvalue weighted by Gasteiger charge is -2.35. The number of halogens is 1. The molecule has 0 bridgehead atoms. The molecule has 2 rings (SSSR count). The van der Waals surface area contributed by atoms with Gasteiger partial charge in [0.25, 0.3) is 5.91 Å². The lowest BCUT2D eigenvalue weighted by molar-refractivity contribution is 0.0734. The highest BCUT2D eigenvalue weighted by Gasteiger charge is 2.28. The van der Waals surface area contributed by atoms with Crippen molar-refractivity contribution in [3.05, 3.63) is 35.6 Å². The molecule has 0 radical (unpaired) electrons. The molecule has 1 aliphatic rings. The van der Waals surface area contributed by atoms with Gasteiger partial charge in [0.1, 0.15) is 5.82 Å². The molecule has 0 spiro atoms. The fourth-order valence-corrected chi connectivity index (χ4v) is 2.22. The first-order valence-corrected chi connectivity index (χ1v) is 5.83. The van der Waals surface area contributed by atoms with Crippen LogP contribution in [0.4, 0.5) is 4.39 Å². The Morgan fingerprint density at radius 2 is 2.00 bits per heavy atom. The monoisotopic (exact) mass is 236 g/mol. The Morgan fingerprint density at radius 1 is 1.41 bits per heavy atom. The summed E-state index contributed by atoms with van der Waals surface area (Å²) in [6.45, 7) is 0.726. The van der Waals surface area contributed by atoms with Crippen molar-refractivity contribution < 1.29 is 9.18 Å². The minimum Gasteiger partial charge on any atom is -0.341 e. The van der Waals surface area contributed by atoms with Gasteiger partial charge in [0, 0.05) is 25.2 Å². The molecule has 1 fully saturated rings. The van der Waals surface area contributed by atoms with Crippen LogP contribution in [-0.2, 0) is 0 Å². The Morgan fingerprint density at radius 3 is 2.53 bits per heavy atom. The topological polar surface area (TPSA) is 46.3 Å². The Kier molecular flexibility index (Phi) is 3.43. The maximum Gasteiger partial charge on any atom is 0.253 e. The highest BCUT2D eigenvalue weighted by atomic mass is 19.1. The largest absolute Gasteiger partial charge is 0.341 e. The first-order valence-electron chi connectivity index (χ1n) is 5.83. The van der Waals surface area contributed by atoms with Crippen molar-refractivity contribution in [3.63, 3.8) is 0 Å². The fourth-order valence-electron chi connectivity index (χ4n) is 2.22. The molecule has 2 N–H and O–H groups in total. The van der Waals surface area contributed by atoms with Crippen LogP contribution in [0.3, 0.4) is 0 Å². The molecule has 1 saturated carbocycles. The summed E-state index contributed by atoms with van der Waals surface area (Å²) in [7, 11) is 1.77. The summed E-state index contributed by atoms with van der Waals surface area (Å²) in [4.78, 5) is 13.7. The molecule has 17 heavy (non-hydrogen) atoms. The summed E-state index contributed by atoms with van der Waals surface area (Å²) in [6.07, 6.45) is 1.97. The third-order valence-corrected chi connectivity index (χ3v) is 3.24. The third-order valence-electron chi connectivity index (χ3n) is 3.24. The molecule has 1 amide bonds. The molecule has 0 unspecified atom stereocenters. The van der Waals surface area contributed by atoms with Crippen LogP contribution in [0.5, 0.6) is 0 Å². The van der Waals surface area contributed by atoms with Crippen molar-refractivity contribution in [2.24, 2.45) is 11.7 Å². The molecule has 0 saturated heterocycles. The van der Waals surface area contributed by atoms with Gasteiger partial charge in [-0.1, -0.05) is 0 Å². The first-order chi connectivity index (χ1) is 8.06. The van der Waals surface area contributed by atoms with Crippen LogP contribution >= 0.6 is 0 Å². The number of hydrogen-bond acceptors (Lipinski definition) is 2. The predicted octanol–water partition coefficient (Wildman–Crippen LogP) is 1.64. The normalized spacial score (nSPS) is 23.0. The van der Waals surface area contributed by atoms with Crippen LogP contribution in [0.15, 0.2) is 24.3 Å². The lowest BCUT2D eigenvalue weighted by Crippen LogP contribution is -2.43. The SMILES string of the molecule is CN(CC1CC(N)C1)C(=O)c1ccc(F)cc1. The number of amides is 1. The van der Waals surface area contributed by atoms with Crippen LogP contribution in [0.25, 0.3) is 0 Å². The Hall–Kier alpha value is -1.42. The Balaban J connectivity index is 1.92. The third kappa shape index (κ3) is 2.82. The zero-order valence-electron chi connectivity index (χ0n) is 9.90. The number of nitrogens with two attached hydrogens (primary N) is 1. The van der Waals surface area contributed by atoms with Crippen molar-refractivity contribution in [1.82, 2.24) is 4.90 Å². The molecule has 1 aromatic carbocycles. The second kappa shape index (κ2) is 4.84. The van der Waals surface area contributed by atoms with E-state index in [1.165, 1.54) is 24.3 Å². The molecule has 3 nitrogen and oxygen atoms in total. The molecule has 0 atom stereocenters. The van der Waals surface area contributed by atoms with Gasteiger partial charge in [-0.3, -0.25) is 4.79 Å². The van der Waals surface area contributed by atoms with Gasteiger partial charge >= 0.3 is 0 Å². The van der Waals surface area contributed by atoms with Gasteiger partial charge in [-0.25, -0.2) is 4.39 Å². The number of nitrogens with zero attached hydrogens (tertiary/aromatic N) is 1. The van der Waals surface area contributed by atoms with E-state index < -0.39 is 0 Å². The molecular formula is C13H17FN2O. The van der Waals surface area contributed by atoms with E-state index in [0.29, 0.717) is 17.5 Å². The number of rotatable bonds is 3. The predicted molar refractivity (Wildman–Crippen MR) is 64.1 cm³/mol. The van der Waals surface area contributed by atoms with Crippen LogP contribution in [0.2, 0.25) is 0 Å². The summed E-state index contributed by atoms with van der Waals surface area (Å²) in [5.74, 6) is 0.124. The molecule has 92 valence electrons. The van der Waals surface area contributed by atoms with E-state index in [1.54, 1.807) is 11.9 Å². The van der Waals surface area contributed by atoms with Crippen LogP contribution in [0, 0.1) is 11.7 Å². The van der Waals surface area contributed by atoms with E-state index >= 15 is 0 Å². The van der Waals surface area contributed by atoms with Crippen molar-refractivity contribution in [2.45, 2.75) is 18.9 Å². The second-order valence-corrected chi connectivity index (χ2v) is 4.79. The van der Waals surface area contributed by atoms with Gasteiger partial charge in [-0.15, -0.1) is 0 Å². The number of hydrogen-bond donors (Lipinski definition) is 1. The van der Waals surface area contributed by atoms with Crippen molar-refractivity contribution in [1.29, 1.82) is 0 Å². The van der Waals surface area contributed by atoms with Crippen molar-refractivity contribution in [2.75, 3.05) is 13.6 Å². The van der Waals surface area contributed by atoms with Crippen LogP contribution in [-0.4, -0.2) is 30.4 Å². The van der Waals surface area contributed by atoms with E-state index in [1.807, 2.05) is 0 Å². The summed E-state index contributed by atoms with van der Waals surface area (Å²) in [5, 5.41) is 0. The number of benzene rings is 1. The average Bonchev–Trinajstić information content (AvgIpc) is 2.27. The van der Waals surface area contributed by atoms with Crippen molar-refractivity contribution >= 4 is 5.91 Å². The summed E-state index contributed by atoms with van der Waals surface area (Å²) in [6, 6.07) is 5.94. The molecule has 0 aliphatic heterocycles. The highest BCUT2D eigenvalue weighted by molar-refractivity contribution is 5.94. The van der Waals surface area contributed by atoms with Crippen molar-refractivity contribution in [3.8, 4) is 0 Å². The zero-order chi connectivity index (χ0) is 12.4. The molecule has 0 heterocycles. The van der Waals surface area contributed by atoms with E-state index in [9.17, 15) is 9.18 Å². The van der Waals surface area contributed by atoms with Gasteiger partial charge in [-0.05, 0) is 43.0 Å². The summed E-state index contributed by atoms with van der Waals surface area (Å²) in [5.41, 5.74) is 6.23. The van der Waals surface area contributed by atoms with Gasteiger partial charge in [-0.2, -0.15) is 0 Å². The fraction of sp³-hybridized carbons (Fsp3) is 0.462. The van der Waals surface area contributed by atoms with E-state index in [4.69, 9.17) is 5.73 Å². The van der Waals surface area contributed by atoms with Gasteiger partial charge < -0.3 is 10.6 Å². The van der Waals surface area contributed by atoms with Crippen LogP contribution < -0.4 is 5.73 Å². The standard InChI is InChI=1S/C13H17FN2O/c1-16(8-9-6-12(15)7-9)13(17)10-2-4-11(14)5-3-10/h2-5,9,12H,6-8,15H2,1H3. The summed E-state index contributed by atoms with van der Waals surface area (Å²) < 4.78 is 12.7. The van der Waals surface area contributed by atoms with E-state index in [0.717, 1.165) is 19.4 Å². The second-order valence-electron chi connectivity index (χ2n) is 4.79. The van der Waals surface area contributed by atoms with E-state index in [-0.39, 0.29) is 11.7 Å². The Bertz CT molecular complexity index is 398. The average molecular weight is 236 g/mol. The van der Waals surface area contributed by atoms with Gasteiger partial charge in [0.2, 0.25) is 0 Å². The lowest BCUT2D eigenvalue weighted by atomic mass is 9.80. The quantitative estimate of drug-likeness (QED) is 0.867. The minimum absolute atomic E-state index is 0.0644. The highest BCUT2D eigenvalue weighted by Crippen LogP contribution is 2.26. The number of carbonyl (C=O) groups is 1. The smallest absolute Gasteiger partial charge is 0.253 e. The Labute approximate surface area is 100 Å². The molecule has 4 heteroatoms. The molecular weight excluding hydrogens is 219 g/mol. The summed E-state index contributed by atoms with van der Waals surface area (Å²) >= 11 is 0. The van der Waals surface area contributed by atoms with Gasteiger partial charge in [0.15, 0.2) is 0 Å². The molecule has 1 aliphatic carbocycles. The maximum absolute atomic E-state index is 12.7. The molecule has 1 aromatic rings. The van der Waals surface area contributed by atoms with Gasteiger partial charge in [0.05, 0.1) is 0 Å². The number of carbonyl (C=O) groups excluding carboxylic acids is 1. The minimum atomic E-state index is -0.325. The van der Waals surface area contributed by atoms with E-state index in [2.05, 4.69) is 0 Å². The zero-order valence-corrected chi connectivity index (χ0v) is 9.90. The first kappa shape index (κ1) is 12.0.